The average Bonchev–Trinajstić information content (AvgIpc) is 2.87. The molecular formula is C14H20N2O5. The first-order chi connectivity index (χ1) is 9.70. The van der Waals surface area contributed by atoms with E-state index in [2.05, 4.69) is 10.6 Å². The molecule has 0 radical (unpaired) electrons. The van der Waals surface area contributed by atoms with E-state index in [0.29, 0.717) is 0 Å². The van der Waals surface area contributed by atoms with E-state index in [1.807, 2.05) is 20.8 Å². The number of aliphatic carboxylic acids is 1. The maximum atomic E-state index is 11.8. The zero-order chi connectivity index (χ0) is 16.0. The minimum Gasteiger partial charge on any atom is -0.481 e. The molecule has 7 nitrogen and oxygen atoms in total. The molecule has 116 valence electrons. The second-order valence-electron chi connectivity index (χ2n) is 5.74. The molecule has 0 aliphatic rings. The maximum absolute atomic E-state index is 11.8. The van der Waals surface area contributed by atoms with Gasteiger partial charge in [0, 0.05) is 6.04 Å². The van der Waals surface area contributed by atoms with Gasteiger partial charge in [-0.25, -0.2) is 0 Å². The lowest BCUT2D eigenvalue weighted by atomic mass is 9.84. The zero-order valence-electron chi connectivity index (χ0n) is 12.3. The third-order valence-electron chi connectivity index (χ3n) is 2.91. The first kappa shape index (κ1) is 16.7. The van der Waals surface area contributed by atoms with Crippen LogP contribution < -0.4 is 10.6 Å². The fourth-order valence-electron chi connectivity index (χ4n) is 1.65. The Hall–Kier alpha value is -2.31. The number of furan rings is 1. The van der Waals surface area contributed by atoms with Crippen LogP contribution in [0.15, 0.2) is 22.8 Å². The van der Waals surface area contributed by atoms with Crippen molar-refractivity contribution in [3.8, 4) is 0 Å². The van der Waals surface area contributed by atoms with Crippen LogP contribution in [0.1, 0.15) is 37.7 Å². The molecule has 2 amide bonds. The summed E-state index contributed by atoms with van der Waals surface area (Å²) in [7, 11) is 0. The molecule has 1 rings (SSSR count). The van der Waals surface area contributed by atoms with Crippen molar-refractivity contribution >= 4 is 17.8 Å². The Balaban J connectivity index is 2.50. The molecule has 0 aliphatic carbocycles. The summed E-state index contributed by atoms with van der Waals surface area (Å²) < 4.78 is 4.89. The summed E-state index contributed by atoms with van der Waals surface area (Å²) >= 11 is 0. The van der Waals surface area contributed by atoms with Crippen LogP contribution in [0.3, 0.4) is 0 Å². The molecule has 1 aromatic heterocycles. The molecule has 0 spiro atoms. The highest BCUT2D eigenvalue weighted by Crippen LogP contribution is 2.21. The third-order valence-corrected chi connectivity index (χ3v) is 2.91. The molecule has 1 unspecified atom stereocenters. The van der Waals surface area contributed by atoms with Gasteiger partial charge < -0.3 is 20.2 Å². The molecular weight excluding hydrogens is 276 g/mol. The Kier molecular flexibility index (Phi) is 5.52. The smallest absolute Gasteiger partial charge is 0.305 e. The summed E-state index contributed by atoms with van der Waals surface area (Å²) in [5.41, 5.74) is -0.404. The highest BCUT2D eigenvalue weighted by molar-refractivity contribution is 5.94. The number of rotatable bonds is 6. The molecule has 0 bridgehead atoms. The van der Waals surface area contributed by atoms with E-state index in [-0.39, 0.29) is 18.7 Å². The summed E-state index contributed by atoms with van der Waals surface area (Å²) in [6, 6.07) is 2.52. The maximum Gasteiger partial charge on any atom is 0.305 e. The molecule has 1 atom stereocenters. The lowest BCUT2D eigenvalue weighted by Crippen LogP contribution is -2.48. The molecule has 3 N–H and O–H groups in total. The van der Waals surface area contributed by atoms with Crippen molar-refractivity contribution in [1.82, 2.24) is 10.6 Å². The second kappa shape index (κ2) is 6.92. The predicted octanol–water partition coefficient (Wildman–Crippen LogP) is 1.02. The molecule has 0 fully saturated rings. The number of hydrogen-bond donors (Lipinski definition) is 3. The third kappa shape index (κ3) is 5.68. The average molecular weight is 296 g/mol. The van der Waals surface area contributed by atoms with Gasteiger partial charge in [-0.05, 0) is 17.5 Å². The van der Waals surface area contributed by atoms with E-state index >= 15 is 0 Å². The minimum absolute atomic E-state index is 0.112. The van der Waals surface area contributed by atoms with Crippen LogP contribution in [0.5, 0.6) is 0 Å². The van der Waals surface area contributed by atoms with Crippen LogP contribution in [0.2, 0.25) is 0 Å². The number of carbonyl (C=O) groups excluding carboxylic acids is 2. The van der Waals surface area contributed by atoms with Gasteiger partial charge in [0.1, 0.15) is 0 Å². The van der Waals surface area contributed by atoms with Crippen LogP contribution in [-0.4, -0.2) is 35.5 Å². The first-order valence-corrected chi connectivity index (χ1v) is 6.53. The Morgan fingerprint density at radius 3 is 2.48 bits per heavy atom. The zero-order valence-corrected chi connectivity index (χ0v) is 12.3. The van der Waals surface area contributed by atoms with E-state index in [4.69, 9.17) is 9.52 Å². The van der Waals surface area contributed by atoms with E-state index in [1.54, 1.807) is 6.07 Å². The van der Waals surface area contributed by atoms with Crippen LogP contribution in [-0.2, 0) is 9.59 Å². The molecule has 7 heteroatoms. The standard InChI is InChI=1S/C14H20N2O5/c1-14(2,3)10(7-12(18)19)16-11(17)8-15-13(20)9-5-4-6-21-9/h4-6,10H,7-8H2,1-3H3,(H,15,20)(H,16,17)(H,18,19). The van der Waals surface area contributed by atoms with E-state index in [1.165, 1.54) is 12.3 Å². The van der Waals surface area contributed by atoms with Crippen LogP contribution in [0.4, 0.5) is 0 Å². The topological polar surface area (TPSA) is 109 Å². The lowest BCUT2D eigenvalue weighted by molar-refractivity contribution is -0.138. The van der Waals surface area contributed by atoms with Crippen molar-refractivity contribution in [3.05, 3.63) is 24.2 Å². The van der Waals surface area contributed by atoms with Gasteiger partial charge in [-0.3, -0.25) is 14.4 Å². The van der Waals surface area contributed by atoms with Gasteiger partial charge in [-0.15, -0.1) is 0 Å². The van der Waals surface area contributed by atoms with Gasteiger partial charge in [-0.1, -0.05) is 20.8 Å². The molecule has 0 aliphatic heterocycles. The number of carboxylic acid groups (broad SMARTS) is 1. The van der Waals surface area contributed by atoms with E-state index in [9.17, 15) is 14.4 Å². The number of nitrogens with one attached hydrogen (secondary N) is 2. The van der Waals surface area contributed by atoms with Crippen molar-refractivity contribution in [2.75, 3.05) is 6.54 Å². The molecule has 0 aromatic carbocycles. The molecule has 0 saturated heterocycles. The summed E-state index contributed by atoms with van der Waals surface area (Å²) in [6.07, 6.45) is 1.18. The normalized spacial score (nSPS) is 12.5. The van der Waals surface area contributed by atoms with Gasteiger partial charge in [0.05, 0.1) is 19.2 Å². The number of hydrogen-bond acceptors (Lipinski definition) is 4. The minimum atomic E-state index is -0.991. The highest BCUT2D eigenvalue weighted by atomic mass is 16.4. The van der Waals surface area contributed by atoms with Gasteiger partial charge in [-0.2, -0.15) is 0 Å². The van der Waals surface area contributed by atoms with Crippen molar-refractivity contribution in [2.24, 2.45) is 5.41 Å². The Labute approximate surface area is 122 Å². The fraction of sp³-hybridized carbons (Fsp3) is 0.500. The van der Waals surface area contributed by atoms with Crippen LogP contribution in [0, 0.1) is 5.41 Å². The van der Waals surface area contributed by atoms with Gasteiger partial charge in [0.25, 0.3) is 5.91 Å². The highest BCUT2D eigenvalue weighted by Gasteiger charge is 2.28. The summed E-state index contributed by atoms with van der Waals surface area (Å²) in [4.78, 5) is 34.2. The summed E-state index contributed by atoms with van der Waals surface area (Å²) in [6.45, 7) is 5.26. The first-order valence-electron chi connectivity index (χ1n) is 6.53. The molecule has 1 aromatic rings. The summed E-state index contributed by atoms with van der Waals surface area (Å²) in [5.74, 6) is -1.83. The number of carboxylic acids is 1. The Bertz CT molecular complexity index is 502. The quantitative estimate of drug-likeness (QED) is 0.726. The Morgan fingerprint density at radius 1 is 1.33 bits per heavy atom. The van der Waals surface area contributed by atoms with Crippen molar-refractivity contribution < 1.29 is 23.9 Å². The monoisotopic (exact) mass is 296 g/mol. The van der Waals surface area contributed by atoms with Gasteiger partial charge >= 0.3 is 5.97 Å². The largest absolute Gasteiger partial charge is 0.481 e. The predicted molar refractivity (Wildman–Crippen MR) is 74.7 cm³/mol. The molecule has 21 heavy (non-hydrogen) atoms. The Morgan fingerprint density at radius 2 is 2.00 bits per heavy atom. The van der Waals surface area contributed by atoms with Crippen molar-refractivity contribution in [3.63, 3.8) is 0 Å². The van der Waals surface area contributed by atoms with Crippen molar-refractivity contribution in [2.45, 2.75) is 33.2 Å². The van der Waals surface area contributed by atoms with Gasteiger partial charge in [0.15, 0.2) is 5.76 Å². The SMILES string of the molecule is CC(C)(C)C(CC(=O)O)NC(=O)CNC(=O)c1ccco1. The molecule has 1 heterocycles. The lowest BCUT2D eigenvalue weighted by Gasteiger charge is -2.30. The number of carbonyl (C=O) groups is 3. The second-order valence-corrected chi connectivity index (χ2v) is 5.74. The van der Waals surface area contributed by atoms with Gasteiger partial charge in [0.2, 0.25) is 5.91 Å². The molecule has 0 saturated carbocycles. The van der Waals surface area contributed by atoms with Crippen LogP contribution >= 0.6 is 0 Å². The van der Waals surface area contributed by atoms with Crippen LogP contribution in [0.25, 0.3) is 0 Å². The van der Waals surface area contributed by atoms with E-state index in [0.717, 1.165) is 0 Å². The van der Waals surface area contributed by atoms with Crippen molar-refractivity contribution in [1.29, 1.82) is 0 Å². The van der Waals surface area contributed by atoms with E-state index < -0.39 is 29.2 Å². The fourth-order valence-corrected chi connectivity index (χ4v) is 1.65. The number of amides is 2. The summed E-state index contributed by atoms with van der Waals surface area (Å²) in [5, 5.41) is 13.9.